The van der Waals surface area contributed by atoms with Crippen molar-refractivity contribution in [1.82, 2.24) is 4.90 Å². The number of carbonyl (C=O) groups is 2. The smallest absolute Gasteiger partial charge is 0.331 e. The number of benzene rings is 1. The zero-order valence-corrected chi connectivity index (χ0v) is 10.9. The van der Waals surface area contributed by atoms with Crippen LogP contribution in [0.1, 0.15) is 18.0 Å². The fraction of sp³-hybridized carbons (Fsp3) is 0.333. The average Bonchev–Trinajstić information content (AvgIpc) is 2.61. The van der Waals surface area contributed by atoms with Gasteiger partial charge in [0.2, 0.25) is 5.91 Å². The van der Waals surface area contributed by atoms with Gasteiger partial charge in [-0.2, -0.15) is 0 Å². The standard InChI is InChI=1S/C12H11BrFNO3/c13-8-5-10(16)15(6-8)11(12(17)18)7-1-3-9(14)4-2-7/h1-4,8,11H,5-6H2,(H,17,18)/t8?,11-/m0/s1. The lowest BCUT2D eigenvalue weighted by Crippen LogP contribution is -2.35. The van der Waals surface area contributed by atoms with Gasteiger partial charge in [-0.15, -0.1) is 0 Å². The predicted octanol–water partition coefficient (Wildman–Crippen LogP) is 1.95. The minimum absolute atomic E-state index is 0.0349. The SMILES string of the molecule is O=C(O)[C@H](c1ccc(F)cc1)N1CC(Br)CC1=O. The van der Waals surface area contributed by atoms with E-state index in [2.05, 4.69) is 15.9 Å². The highest BCUT2D eigenvalue weighted by Crippen LogP contribution is 2.29. The van der Waals surface area contributed by atoms with Gasteiger partial charge in [-0.1, -0.05) is 28.1 Å². The van der Waals surface area contributed by atoms with Gasteiger partial charge >= 0.3 is 5.97 Å². The fourth-order valence-corrected chi connectivity index (χ4v) is 2.63. The van der Waals surface area contributed by atoms with Gasteiger partial charge in [-0.25, -0.2) is 9.18 Å². The molecule has 1 fully saturated rings. The van der Waals surface area contributed by atoms with Crippen LogP contribution in [0.15, 0.2) is 24.3 Å². The minimum atomic E-state index is -1.11. The Kier molecular flexibility index (Phi) is 3.65. The summed E-state index contributed by atoms with van der Waals surface area (Å²) in [5.41, 5.74) is 0.402. The van der Waals surface area contributed by atoms with Crippen LogP contribution in [0.25, 0.3) is 0 Å². The van der Waals surface area contributed by atoms with Crippen molar-refractivity contribution in [3.63, 3.8) is 0 Å². The van der Waals surface area contributed by atoms with Gasteiger partial charge in [0.15, 0.2) is 6.04 Å². The molecule has 1 saturated heterocycles. The molecule has 1 amide bonds. The minimum Gasteiger partial charge on any atom is -0.479 e. The number of aliphatic carboxylic acids is 1. The van der Waals surface area contributed by atoms with Crippen molar-refractivity contribution in [2.45, 2.75) is 17.3 Å². The Morgan fingerprint density at radius 3 is 2.50 bits per heavy atom. The van der Waals surface area contributed by atoms with Crippen LogP contribution in [0.3, 0.4) is 0 Å². The number of rotatable bonds is 3. The number of likely N-dealkylation sites (tertiary alicyclic amines) is 1. The Morgan fingerprint density at radius 1 is 1.44 bits per heavy atom. The van der Waals surface area contributed by atoms with E-state index < -0.39 is 17.8 Å². The van der Waals surface area contributed by atoms with Crippen LogP contribution in [0.4, 0.5) is 4.39 Å². The summed E-state index contributed by atoms with van der Waals surface area (Å²) in [6.07, 6.45) is 0.283. The molecule has 1 aliphatic rings. The molecule has 6 heteroatoms. The molecule has 1 aliphatic heterocycles. The third kappa shape index (κ3) is 2.53. The second kappa shape index (κ2) is 5.06. The van der Waals surface area contributed by atoms with Gasteiger partial charge in [0, 0.05) is 17.8 Å². The van der Waals surface area contributed by atoms with E-state index in [1.807, 2.05) is 0 Å². The molecule has 2 atom stereocenters. The molecule has 0 spiro atoms. The number of amides is 1. The van der Waals surface area contributed by atoms with Crippen LogP contribution >= 0.6 is 15.9 Å². The van der Waals surface area contributed by atoms with E-state index in [1.165, 1.54) is 29.2 Å². The van der Waals surface area contributed by atoms with E-state index in [1.54, 1.807) is 0 Å². The Balaban J connectivity index is 2.32. The topological polar surface area (TPSA) is 57.6 Å². The lowest BCUT2D eigenvalue weighted by Gasteiger charge is -2.24. The van der Waals surface area contributed by atoms with Gasteiger partial charge < -0.3 is 10.0 Å². The molecule has 0 aliphatic carbocycles. The summed E-state index contributed by atoms with van der Waals surface area (Å²) in [7, 11) is 0. The van der Waals surface area contributed by atoms with E-state index in [0.29, 0.717) is 12.1 Å². The first kappa shape index (κ1) is 13.0. The molecule has 1 aromatic carbocycles. The first-order chi connectivity index (χ1) is 8.49. The highest BCUT2D eigenvalue weighted by atomic mass is 79.9. The first-order valence-corrected chi connectivity index (χ1v) is 6.32. The first-order valence-electron chi connectivity index (χ1n) is 5.41. The Labute approximate surface area is 112 Å². The van der Waals surface area contributed by atoms with E-state index >= 15 is 0 Å². The Morgan fingerprint density at radius 2 is 2.06 bits per heavy atom. The summed E-state index contributed by atoms with van der Waals surface area (Å²) in [4.78, 5) is 24.3. The molecule has 4 nitrogen and oxygen atoms in total. The van der Waals surface area contributed by atoms with Gasteiger partial charge in [0.05, 0.1) is 0 Å². The highest BCUT2D eigenvalue weighted by molar-refractivity contribution is 9.09. The lowest BCUT2D eigenvalue weighted by atomic mass is 10.1. The second-order valence-electron chi connectivity index (χ2n) is 4.14. The number of alkyl halides is 1. The summed E-state index contributed by atoms with van der Waals surface area (Å²) in [5, 5.41) is 9.26. The van der Waals surface area contributed by atoms with E-state index in [-0.39, 0.29) is 17.2 Å². The quantitative estimate of drug-likeness (QED) is 0.867. The monoisotopic (exact) mass is 315 g/mol. The molecule has 1 heterocycles. The van der Waals surface area contributed by atoms with Crippen LogP contribution in [-0.2, 0) is 9.59 Å². The van der Waals surface area contributed by atoms with Gasteiger partial charge in [0.1, 0.15) is 5.82 Å². The van der Waals surface area contributed by atoms with Crippen molar-refractivity contribution in [3.8, 4) is 0 Å². The van der Waals surface area contributed by atoms with Crippen LogP contribution < -0.4 is 0 Å². The summed E-state index contributed by atoms with van der Waals surface area (Å²) in [5.74, 6) is -1.76. The lowest BCUT2D eigenvalue weighted by molar-refractivity contribution is -0.148. The summed E-state index contributed by atoms with van der Waals surface area (Å²) >= 11 is 3.31. The molecule has 18 heavy (non-hydrogen) atoms. The van der Waals surface area contributed by atoms with Crippen LogP contribution in [0, 0.1) is 5.82 Å². The van der Waals surface area contributed by atoms with Crippen molar-refractivity contribution < 1.29 is 19.1 Å². The summed E-state index contributed by atoms with van der Waals surface area (Å²) in [6.45, 7) is 0.340. The molecular weight excluding hydrogens is 305 g/mol. The van der Waals surface area contributed by atoms with Gasteiger partial charge in [-0.05, 0) is 17.7 Å². The second-order valence-corrected chi connectivity index (χ2v) is 5.43. The largest absolute Gasteiger partial charge is 0.479 e. The number of carbonyl (C=O) groups excluding carboxylic acids is 1. The maximum Gasteiger partial charge on any atom is 0.331 e. The van der Waals surface area contributed by atoms with Gasteiger partial charge in [-0.3, -0.25) is 4.79 Å². The summed E-state index contributed by atoms with van der Waals surface area (Å²) < 4.78 is 12.8. The van der Waals surface area contributed by atoms with Crippen LogP contribution in [-0.4, -0.2) is 33.3 Å². The van der Waals surface area contributed by atoms with Crippen molar-refractivity contribution in [2.24, 2.45) is 0 Å². The molecule has 96 valence electrons. The molecule has 1 N–H and O–H groups in total. The number of carboxylic acids is 1. The van der Waals surface area contributed by atoms with E-state index in [0.717, 1.165) is 0 Å². The Hall–Kier alpha value is -1.43. The van der Waals surface area contributed by atoms with Crippen molar-refractivity contribution in [2.75, 3.05) is 6.54 Å². The number of carboxylic acid groups (broad SMARTS) is 1. The van der Waals surface area contributed by atoms with E-state index in [4.69, 9.17) is 0 Å². The maximum absolute atomic E-state index is 12.8. The van der Waals surface area contributed by atoms with Crippen molar-refractivity contribution in [1.29, 1.82) is 0 Å². The number of nitrogens with zero attached hydrogens (tertiary/aromatic N) is 1. The molecule has 0 radical (unpaired) electrons. The number of hydrogen-bond acceptors (Lipinski definition) is 2. The number of halogens is 2. The third-order valence-corrected chi connectivity index (χ3v) is 3.46. The molecular formula is C12H11BrFNO3. The molecule has 0 saturated carbocycles. The zero-order valence-electron chi connectivity index (χ0n) is 9.35. The molecule has 2 rings (SSSR count). The summed E-state index contributed by atoms with van der Waals surface area (Å²) in [6, 6.07) is 4.11. The number of hydrogen-bond donors (Lipinski definition) is 1. The maximum atomic E-state index is 12.8. The van der Waals surface area contributed by atoms with Crippen LogP contribution in [0.2, 0.25) is 0 Å². The fourth-order valence-electron chi connectivity index (χ4n) is 2.04. The third-order valence-electron chi connectivity index (χ3n) is 2.84. The normalized spacial score (nSPS) is 21.1. The van der Waals surface area contributed by atoms with Crippen molar-refractivity contribution >= 4 is 27.8 Å². The van der Waals surface area contributed by atoms with Crippen molar-refractivity contribution in [3.05, 3.63) is 35.6 Å². The predicted molar refractivity (Wildman–Crippen MR) is 65.8 cm³/mol. The molecule has 1 unspecified atom stereocenters. The molecule has 0 aromatic heterocycles. The molecule has 0 bridgehead atoms. The van der Waals surface area contributed by atoms with Gasteiger partial charge in [0.25, 0.3) is 0 Å². The van der Waals surface area contributed by atoms with E-state index in [9.17, 15) is 19.1 Å². The van der Waals surface area contributed by atoms with Crippen LogP contribution in [0.5, 0.6) is 0 Å². The molecule has 1 aromatic rings. The zero-order chi connectivity index (χ0) is 13.3. The average molecular weight is 316 g/mol. The highest BCUT2D eigenvalue weighted by Gasteiger charge is 2.37. The Bertz CT molecular complexity index is 477.